The summed E-state index contributed by atoms with van der Waals surface area (Å²) in [5.74, 6) is -1.08. The van der Waals surface area contributed by atoms with E-state index in [0.29, 0.717) is 40.6 Å². The molecule has 0 bridgehead atoms. The molecule has 1 aliphatic rings. The largest absolute Gasteiger partial charge is 0.459 e. The van der Waals surface area contributed by atoms with Crippen molar-refractivity contribution in [1.82, 2.24) is 30.2 Å². The molecule has 3 atom stereocenters. The number of benzene rings is 2. The number of furan rings is 1. The highest BCUT2D eigenvalue weighted by atomic mass is 19.1. The number of primary amides is 1. The number of carbonyl (C=O) groups is 3. The number of hydrogen-bond acceptors (Lipinski definition) is 7. The summed E-state index contributed by atoms with van der Waals surface area (Å²) in [6.07, 6.45) is 3.67. The fourth-order valence-corrected chi connectivity index (χ4v) is 5.91. The van der Waals surface area contributed by atoms with Gasteiger partial charge in [-0.15, -0.1) is 0 Å². The Labute approximate surface area is 245 Å². The standard InChI is InChI=1S/C31H30FN7O4/c1-16-10-25(31(42)36-18(3)29-17(2)22-12-21(32)5-7-26(22)43-29)38(14-16)27(40)15-39-24-6-4-19(20-8-9-34-35-13-20)11-23(24)28(37-39)30(33)41/h4-9,11-13,16,18,25H,10,14-15H2,1-3H3,(H2,33,41)(H,36,42)/t16-,18-,25+/m1/s1. The van der Waals surface area contributed by atoms with E-state index >= 15 is 0 Å². The molecule has 0 radical (unpaired) electrons. The van der Waals surface area contributed by atoms with E-state index in [2.05, 4.69) is 20.6 Å². The highest BCUT2D eigenvalue weighted by molar-refractivity contribution is 6.05. The van der Waals surface area contributed by atoms with Crippen LogP contribution in [0.5, 0.6) is 0 Å². The number of nitrogens with zero attached hydrogens (tertiary/aromatic N) is 5. The van der Waals surface area contributed by atoms with Crippen LogP contribution in [0.3, 0.4) is 0 Å². The van der Waals surface area contributed by atoms with Gasteiger partial charge in [0.2, 0.25) is 11.8 Å². The Morgan fingerprint density at radius 2 is 1.93 bits per heavy atom. The molecular formula is C31H30FN7O4. The van der Waals surface area contributed by atoms with E-state index in [-0.39, 0.29) is 35.8 Å². The first-order valence-corrected chi connectivity index (χ1v) is 14.0. The van der Waals surface area contributed by atoms with Crippen LogP contribution in [0, 0.1) is 18.7 Å². The molecule has 0 spiro atoms. The van der Waals surface area contributed by atoms with Crippen molar-refractivity contribution >= 4 is 39.6 Å². The Kier molecular flexibility index (Phi) is 7.12. The van der Waals surface area contributed by atoms with Crippen molar-refractivity contribution in [3.63, 3.8) is 0 Å². The minimum atomic E-state index is -0.717. The smallest absolute Gasteiger partial charge is 0.269 e. The lowest BCUT2D eigenvalue weighted by atomic mass is 10.0. The van der Waals surface area contributed by atoms with E-state index in [9.17, 15) is 18.8 Å². The fourth-order valence-electron chi connectivity index (χ4n) is 5.91. The monoisotopic (exact) mass is 583 g/mol. The average Bonchev–Trinajstić information content (AvgIpc) is 3.66. The molecule has 3 N–H and O–H groups in total. The van der Waals surface area contributed by atoms with E-state index in [4.69, 9.17) is 10.2 Å². The summed E-state index contributed by atoms with van der Waals surface area (Å²) in [7, 11) is 0. The van der Waals surface area contributed by atoms with Crippen LogP contribution in [0.25, 0.3) is 33.0 Å². The number of nitrogens with one attached hydrogen (secondary N) is 1. The van der Waals surface area contributed by atoms with Crippen LogP contribution in [-0.4, -0.2) is 55.2 Å². The maximum atomic E-state index is 13.8. The number of aromatic nitrogens is 4. The molecule has 6 rings (SSSR count). The normalized spacial score (nSPS) is 17.4. The van der Waals surface area contributed by atoms with Crippen molar-refractivity contribution in [2.45, 2.75) is 45.8 Å². The Bertz CT molecular complexity index is 1880. The van der Waals surface area contributed by atoms with Crippen molar-refractivity contribution in [3.8, 4) is 11.1 Å². The Balaban J connectivity index is 1.23. The van der Waals surface area contributed by atoms with Crippen molar-refractivity contribution < 1.29 is 23.2 Å². The Morgan fingerprint density at radius 3 is 2.67 bits per heavy atom. The number of hydrogen-bond donors (Lipinski definition) is 2. The maximum absolute atomic E-state index is 13.8. The SMILES string of the molecule is Cc1c([C@@H](C)NC(=O)[C@@H]2C[C@@H](C)CN2C(=O)Cn2nc(C(N)=O)c3cc(-c4ccnnc4)ccc32)oc2ccc(F)cc12. The highest BCUT2D eigenvalue weighted by Crippen LogP contribution is 2.31. The van der Waals surface area contributed by atoms with Gasteiger partial charge in [-0.1, -0.05) is 13.0 Å². The first kappa shape index (κ1) is 28.0. The number of rotatable bonds is 7. The molecule has 3 amide bonds. The molecule has 5 aromatic rings. The van der Waals surface area contributed by atoms with Gasteiger partial charge in [-0.3, -0.25) is 19.1 Å². The fraction of sp³-hybridized carbons (Fsp3) is 0.290. The molecule has 3 aromatic heterocycles. The van der Waals surface area contributed by atoms with Crippen LogP contribution in [0.4, 0.5) is 4.39 Å². The Hall–Kier alpha value is -5.13. The summed E-state index contributed by atoms with van der Waals surface area (Å²) in [6.45, 7) is 5.82. The number of fused-ring (bicyclic) bond motifs is 2. The summed E-state index contributed by atoms with van der Waals surface area (Å²) < 4.78 is 21.2. The average molecular weight is 584 g/mol. The number of carbonyl (C=O) groups excluding carboxylic acids is 3. The van der Waals surface area contributed by atoms with Gasteiger partial charge < -0.3 is 20.4 Å². The van der Waals surface area contributed by atoms with Gasteiger partial charge in [-0.2, -0.15) is 15.3 Å². The second-order valence-corrected chi connectivity index (χ2v) is 11.1. The molecule has 4 heterocycles. The third kappa shape index (κ3) is 5.20. The van der Waals surface area contributed by atoms with Gasteiger partial charge in [0.15, 0.2) is 5.69 Å². The first-order chi connectivity index (χ1) is 20.6. The summed E-state index contributed by atoms with van der Waals surface area (Å²) in [4.78, 5) is 41.0. The number of amides is 3. The quantitative estimate of drug-likeness (QED) is 0.295. The van der Waals surface area contributed by atoms with E-state index in [1.807, 2.05) is 19.9 Å². The molecule has 1 saturated heterocycles. The van der Waals surface area contributed by atoms with Gasteiger partial charge in [0.25, 0.3) is 5.91 Å². The van der Waals surface area contributed by atoms with E-state index in [0.717, 1.165) is 16.7 Å². The lowest BCUT2D eigenvalue weighted by molar-refractivity contribution is -0.139. The summed E-state index contributed by atoms with van der Waals surface area (Å²) >= 11 is 0. The van der Waals surface area contributed by atoms with Gasteiger partial charge in [-0.25, -0.2) is 4.39 Å². The van der Waals surface area contributed by atoms with Crippen LogP contribution >= 0.6 is 0 Å². The minimum absolute atomic E-state index is 0.0469. The van der Waals surface area contributed by atoms with Gasteiger partial charge >= 0.3 is 0 Å². The molecule has 0 saturated carbocycles. The van der Waals surface area contributed by atoms with Crippen LogP contribution in [0.1, 0.15) is 48.1 Å². The summed E-state index contributed by atoms with van der Waals surface area (Å²) in [5.41, 5.74) is 9.12. The zero-order valence-electron chi connectivity index (χ0n) is 23.9. The van der Waals surface area contributed by atoms with E-state index < -0.39 is 18.0 Å². The van der Waals surface area contributed by atoms with Crippen LogP contribution in [-0.2, 0) is 16.1 Å². The zero-order chi connectivity index (χ0) is 30.4. The molecule has 11 nitrogen and oxygen atoms in total. The van der Waals surface area contributed by atoms with Gasteiger partial charge in [0.05, 0.1) is 24.0 Å². The summed E-state index contributed by atoms with van der Waals surface area (Å²) in [5, 5.41) is 16.2. The molecular weight excluding hydrogens is 553 g/mol. The highest BCUT2D eigenvalue weighted by Gasteiger charge is 2.39. The van der Waals surface area contributed by atoms with Gasteiger partial charge in [0, 0.05) is 28.4 Å². The maximum Gasteiger partial charge on any atom is 0.269 e. The van der Waals surface area contributed by atoms with Crippen LogP contribution < -0.4 is 11.1 Å². The number of likely N-dealkylation sites (tertiary alicyclic amines) is 1. The predicted molar refractivity (Wildman–Crippen MR) is 156 cm³/mol. The molecule has 0 aliphatic carbocycles. The third-order valence-corrected chi connectivity index (χ3v) is 8.01. The molecule has 2 aromatic carbocycles. The molecule has 12 heteroatoms. The second kappa shape index (κ2) is 10.9. The number of halogens is 1. The third-order valence-electron chi connectivity index (χ3n) is 8.01. The van der Waals surface area contributed by atoms with Crippen LogP contribution in [0.2, 0.25) is 0 Å². The molecule has 220 valence electrons. The first-order valence-electron chi connectivity index (χ1n) is 14.0. The Morgan fingerprint density at radius 1 is 1.12 bits per heavy atom. The number of aryl methyl sites for hydroxylation is 1. The van der Waals surface area contributed by atoms with Crippen molar-refractivity contribution in [2.24, 2.45) is 11.7 Å². The predicted octanol–water partition coefficient (Wildman–Crippen LogP) is 3.90. The summed E-state index contributed by atoms with van der Waals surface area (Å²) in [6, 6.07) is 10.3. The molecule has 1 fully saturated rings. The van der Waals surface area contributed by atoms with Crippen molar-refractivity contribution in [3.05, 3.63) is 77.7 Å². The van der Waals surface area contributed by atoms with E-state index in [1.165, 1.54) is 16.8 Å². The van der Waals surface area contributed by atoms with Crippen molar-refractivity contribution in [2.75, 3.05) is 6.54 Å². The van der Waals surface area contributed by atoms with Crippen molar-refractivity contribution in [1.29, 1.82) is 0 Å². The van der Waals surface area contributed by atoms with E-state index in [1.54, 1.807) is 48.5 Å². The van der Waals surface area contributed by atoms with Crippen LogP contribution in [0.15, 0.2) is 59.3 Å². The molecule has 43 heavy (non-hydrogen) atoms. The lowest BCUT2D eigenvalue weighted by Crippen LogP contribution is -2.47. The van der Waals surface area contributed by atoms with Gasteiger partial charge in [0.1, 0.15) is 29.7 Å². The minimum Gasteiger partial charge on any atom is -0.459 e. The van der Waals surface area contributed by atoms with Gasteiger partial charge in [-0.05, 0) is 68.1 Å². The lowest BCUT2D eigenvalue weighted by Gasteiger charge is -2.25. The molecule has 0 unspecified atom stereocenters. The molecule has 1 aliphatic heterocycles. The number of nitrogens with two attached hydrogens (primary N) is 1. The second-order valence-electron chi connectivity index (χ2n) is 11.1. The topological polar surface area (TPSA) is 149 Å². The zero-order valence-corrected chi connectivity index (χ0v) is 23.9.